The second kappa shape index (κ2) is 3.81. The molecule has 0 aromatic carbocycles. The van der Waals surface area contributed by atoms with E-state index in [1.54, 1.807) is 0 Å². The summed E-state index contributed by atoms with van der Waals surface area (Å²) in [6.07, 6.45) is 2.19. The van der Waals surface area contributed by atoms with Crippen LogP contribution >= 0.6 is 11.3 Å². The molecular formula is C13H20BNO2S. The minimum absolute atomic E-state index is 0.146. The van der Waals surface area contributed by atoms with Crippen LogP contribution in [-0.4, -0.2) is 23.3 Å². The first kappa shape index (κ1) is 9.51. The first-order valence-electron chi connectivity index (χ1n) is 7.88. The molecule has 0 amide bonds. The summed E-state index contributed by atoms with van der Waals surface area (Å²) in [5.41, 5.74) is -0.811. The van der Waals surface area contributed by atoms with Gasteiger partial charge in [-0.1, -0.05) is 0 Å². The Bertz CT molecular complexity index is 550. The lowest BCUT2D eigenvalue weighted by atomic mass is 9.86. The van der Waals surface area contributed by atoms with Gasteiger partial charge in [0.15, 0.2) is 0 Å². The maximum atomic E-state index is 7.72. The molecule has 0 atom stereocenters. The van der Waals surface area contributed by atoms with Gasteiger partial charge in [0, 0.05) is 15.7 Å². The van der Waals surface area contributed by atoms with E-state index in [1.807, 2.05) is 27.7 Å². The maximum absolute atomic E-state index is 7.72. The van der Waals surface area contributed by atoms with Crippen LogP contribution in [0.5, 0.6) is 0 Å². The molecule has 0 radical (unpaired) electrons. The quantitative estimate of drug-likeness (QED) is 0.773. The van der Waals surface area contributed by atoms with Crippen LogP contribution in [-0.2, 0) is 9.31 Å². The van der Waals surface area contributed by atoms with Crippen LogP contribution in [0, 0.1) is 6.85 Å². The number of rotatable bonds is 2. The third-order valence-electron chi connectivity index (χ3n) is 4.06. The van der Waals surface area contributed by atoms with Crippen molar-refractivity contribution < 1.29 is 13.4 Å². The van der Waals surface area contributed by atoms with Gasteiger partial charge in [0.2, 0.25) is 0 Å². The van der Waals surface area contributed by atoms with Crippen molar-refractivity contribution in [2.24, 2.45) is 0 Å². The molecule has 3 rings (SSSR count). The van der Waals surface area contributed by atoms with Gasteiger partial charge in [0.1, 0.15) is 0 Å². The zero-order valence-corrected chi connectivity index (χ0v) is 12.1. The zero-order chi connectivity index (χ0) is 15.6. The molecule has 2 fully saturated rings. The SMILES string of the molecule is [2H]C([2H])([2H])c1nc(C2CC2)sc1B1OC(C)(C)C(C)(C)O1. The third-order valence-corrected chi connectivity index (χ3v) is 5.30. The molecule has 1 aliphatic heterocycles. The first-order valence-corrected chi connectivity index (χ1v) is 7.20. The molecule has 1 aliphatic carbocycles. The topological polar surface area (TPSA) is 31.4 Å². The highest BCUT2D eigenvalue weighted by molar-refractivity contribution is 7.22. The predicted octanol–water partition coefficient (Wildman–Crippen LogP) is 2.63. The molecular weight excluding hydrogens is 245 g/mol. The monoisotopic (exact) mass is 268 g/mol. The number of hydrogen-bond donors (Lipinski definition) is 0. The molecule has 1 saturated heterocycles. The molecule has 1 aromatic heterocycles. The highest BCUT2D eigenvalue weighted by Crippen LogP contribution is 2.42. The summed E-state index contributed by atoms with van der Waals surface area (Å²) < 4.78 is 35.8. The second-order valence-corrected chi connectivity index (χ2v) is 7.19. The molecule has 3 nitrogen and oxygen atoms in total. The van der Waals surface area contributed by atoms with E-state index < -0.39 is 25.2 Å². The number of aromatic nitrogens is 1. The highest BCUT2D eigenvalue weighted by atomic mass is 32.1. The summed E-state index contributed by atoms with van der Waals surface area (Å²) in [6, 6.07) is 0. The van der Waals surface area contributed by atoms with Gasteiger partial charge < -0.3 is 9.31 Å². The lowest BCUT2D eigenvalue weighted by Gasteiger charge is -2.32. The van der Waals surface area contributed by atoms with E-state index in [1.165, 1.54) is 11.3 Å². The van der Waals surface area contributed by atoms with E-state index >= 15 is 0 Å². The Hall–Kier alpha value is -0.385. The van der Waals surface area contributed by atoms with Gasteiger partial charge in [0.25, 0.3) is 0 Å². The van der Waals surface area contributed by atoms with Crippen molar-refractivity contribution in [3.8, 4) is 0 Å². The Balaban J connectivity index is 1.98. The van der Waals surface area contributed by atoms with Crippen LogP contribution in [0.3, 0.4) is 0 Å². The molecule has 98 valence electrons. The zero-order valence-electron chi connectivity index (χ0n) is 14.2. The summed E-state index contributed by atoms with van der Waals surface area (Å²) >= 11 is 1.43. The molecule has 18 heavy (non-hydrogen) atoms. The fraction of sp³-hybridized carbons (Fsp3) is 0.769. The highest BCUT2D eigenvalue weighted by Gasteiger charge is 2.53. The first-order chi connectivity index (χ1) is 9.51. The van der Waals surface area contributed by atoms with Crippen LogP contribution in [0.15, 0.2) is 0 Å². The summed E-state index contributed by atoms with van der Waals surface area (Å²) in [5, 5.41) is 0.908. The molecule has 0 unspecified atom stereocenters. The van der Waals surface area contributed by atoms with E-state index in [-0.39, 0.29) is 5.69 Å². The van der Waals surface area contributed by atoms with Crippen molar-refractivity contribution in [3.63, 3.8) is 0 Å². The van der Waals surface area contributed by atoms with Crippen LogP contribution in [0.1, 0.15) is 61.3 Å². The van der Waals surface area contributed by atoms with Crippen LogP contribution in [0.4, 0.5) is 0 Å². The smallest absolute Gasteiger partial charge is 0.399 e. The van der Waals surface area contributed by atoms with Gasteiger partial charge in [-0.15, -0.1) is 11.3 Å². The Morgan fingerprint density at radius 3 is 2.39 bits per heavy atom. The van der Waals surface area contributed by atoms with E-state index in [0.29, 0.717) is 10.7 Å². The van der Waals surface area contributed by atoms with E-state index in [9.17, 15) is 0 Å². The van der Waals surface area contributed by atoms with Crippen molar-refractivity contribution in [1.29, 1.82) is 0 Å². The Morgan fingerprint density at radius 1 is 1.28 bits per heavy atom. The van der Waals surface area contributed by atoms with E-state index in [2.05, 4.69) is 4.98 Å². The maximum Gasteiger partial charge on any atom is 0.507 e. The van der Waals surface area contributed by atoms with Gasteiger partial charge in [-0.3, -0.25) is 0 Å². The number of nitrogens with zero attached hydrogens (tertiary/aromatic N) is 1. The van der Waals surface area contributed by atoms with Gasteiger partial charge in [-0.05, 0) is 47.4 Å². The fourth-order valence-corrected chi connectivity index (χ4v) is 3.06. The molecule has 0 bridgehead atoms. The van der Waals surface area contributed by atoms with E-state index in [4.69, 9.17) is 13.4 Å². The third kappa shape index (κ3) is 1.93. The minimum Gasteiger partial charge on any atom is -0.399 e. The summed E-state index contributed by atoms with van der Waals surface area (Å²) in [5.74, 6) is 0.423. The van der Waals surface area contributed by atoms with Crippen molar-refractivity contribution in [1.82, 2.24) is 4.98 Å². The van der Waals surface area contributed by atoms with Gasteiger partial charge >= 0.3 is 7.12 Å². The average molecular weight is 268 g/mol. The Kier molecular flexibility index (Phi) is 2.01. The normalized spacial score (nSPS) is 28.9. The van der Waals surface area contributed by atoms with Gasteiger partial charge in [0.05, 0.1) is 21.0 Å². The van der Waals surface area contributed by atoms with Crippen molar-refractivity contribution >= 4 is 23.2 Å². The standard InChI is InChI=1S/C13H20BNO2S/c1-8-10(18-11(15-8)9-6-7-9)14-16-12(2,3)13(4,5)17-14/h9H,6-7H2,1-5H3/i1D3. The van der Waals surface area contributed by atoms with Crippen LogP contribution < -0.4 is 4.78 Å². The summed E-state index contributed by atoms with van der Waals surface area (Å²) in [4.78, 5) is 4.38. The van der Waals surface area contributed by atoms with Crippen molar-refractivity contribution in [2.45, 2.75) is 64.5 Å². The molecule has 0 spiro atoms. The summed E-state index contributed by atoms with van der Waals surface area (Å²) in [6.45, 7) is 5.62. The predicted molar refractivity (Wildman–Crippen MR) is 74.5 cm³/mol. The second-order valence-electron chi connectivity index (χ2n) is 6.13. The molecule has 1 aromatic rings. The van der Waals surface area contributed by atoms with E-state index in [0.717, 1.165) is 17.8 Å². The largest absolute Gasteiger partial charge is 0.507 e. The lowest BCUT2D eigenvalue weighted by Crippen LogP contribution is -2.41. The molecule has 2 heterocycles. The number of thiazole rings is 1. The van der Waals surface area contributed by atoms with Gasteiger partial charge in [-0.25, -0.2) is 4.98 Å². The number of hydrogen-bond acceptors (Lipinski definition) is 4. The molecule has 1 saturated carbocycles. The molecule has 5 heteroatoms. The lowest BCUT2D eigenvalue weighted by molar-refractivity contribution is 0.00578. The van der Waals surface area contributed by atoms with Crippen LogP contribution in [0.2, 0.25) is 0 Å². The van der Waals surface area contributed by atoms with Crippen molar-refractivity contribution in [2.75, 3.05) is 0 Å². The minimum atomic E-state index is -2.23. The molecule has 0 N–H and O–H groups in total. The average Bonchev–Trinajstić information content (AvgIpc) is 2.99. The van der Waals surface area contributed by atoms with Crippen molar-refractivity contribution in [3.05, 3.63) is 10.7 Å². The number of aryl methyl sites for hydroxylation is 1. The molecule has 2 aliphatic rings. The van der Waals surface area contributed by atoms with Gasteiger partial charge in [-0.2, -0.15) is 0 Å². The Morgan fingerprint density at radius 2 is 1.89 bits per heavy atom. The summed E-state index contributed by atoms with van der Waals surface area (Å²) in [7, 11) is -0.643. The fourth-order valence-electron chi connectivity index (χ4n) is 1.96. The van der Waals surface area contributed by atoms with Crippen LogP contribution in [0.25, 0.3) is 0 Å². The Labute approximate surface area is 117 Å².